The number of rotatable bonds is 6. The summed E-state index contributed by atoms with van der Waals surface area (Å²) in [6, 6.07) is 5.17. The van der Waals surface area contributed by atoms with Gasteiger partial charge in [-0.05, 0) is 56.0 Å². The van der Waals surface area contributed by atoms with Gasteiger partial charge in [0.05, 0.1) is 11.5 Å². The van der Waals surface area contributed by atoms with Crippen molar-refractivity contribution in [3.63, 3.8) is 0 Å². The molecule has 0 saturated carbocycles. The Balaban J connectivity index is 2.08. The van der Waals surface area contributed by atoms with E-state index in [1.54, 1.807) is 24.3 Å². The van der Waals surface area contributed by atoms with E-state index in [0.717, 1.165) is 5.56 Å². The third kappa shape index (κ3) is 4.18. The lowest BCUT2D eigenvalue weighted by Crippen LogP contribution is -2.30. The van der Waals surface area contributed by atoms with Gasteiger partial charge in [0, 0.05) is 17.5 Å². The van der Waals surface area contributed by atoms with Crippen LogP contribution < -0.4 is 5.32 Å². The molecule has 1 amide bonds. The number of carbonyl (C=O) groups is 1. The molecule has 0 bridgehead atoms. The molecule has 0 radical (unpaired) electrons. The fraction of sp³-hybridized carbons (Fsp3) is 0.353. The first-order chi connectivity index (χ1) is 11.3. The Bertz CT molecular complexity index is 770. The monoisotopic (exact) mass is 347 g/mol. The fourth-order valence-corrected chi connectivity index (χ4v) is 3.39. The molecule has 128 valence electrons. The molecule has 0 spiro atoms. The minimum atomic E-state index is -0.471. The van der Waals surface area contributed by atoms with Crippen LogP contribution in [0.25, 0.3) is 0 Å². The van der Waals surface area contributed by atoms with Gasteiger partial charge in [0.25, 0.3) is 5.69 Å². The van der Waals surface area contributed by atoms with Crippen LogP contribution in [0, 0.1) is 30.9 Å². The Morgan fingerprint density at radius 3 is 2.54 bits per heavy atom. The first kappa shape index (κ1) is 18.1. The average Bonchev–Trinajstić information content (AvgIpc) is 2.88. The molecule has 0 unspecified atom stereocenters. The SMILES string of the molecule is Cc1ccsc1CN(C)CC(=O)Nc1c([N+](=O)[O-])ccc(C)c1C. The van der Waals surface area contributed by atoms with E-state index in [1.807, 2.05) is 37.2 Å². The van der Waals surface area contributed by atoms with Gasteiger partial charge in [-0.1, -0.05) is 6.07 Å². The summed E-state index contributed by atoms with van der Waals surface area (Å²) in [5, 5.41) is 15.9. The molecule has 2 aromatic rings. The van der Waals surface area contributed by atoms with Gasteiger partial charge in [-0.25, -0.2) is 0 Å². The molecule has 1 aromatic heterocycles. The number of aryl methyl sites for hydroxylation is 2. The summed E-state index contributed by atoms with van der Waals surface area (Å²) in [4.78, 5) is 26.1. The summed E-state index contributed by atoms with van der Waals surface area (Å²) in [5.41, 5.74) is 3.03. The van der Waals surface area contributed by atoms with Crippen molar-refractivity contribution in [2.75, 3.05) is 18.9 Å². The second-order valence-corrected chi connectivity index (χ2v) is 6.91. The van der Waals surface area contributed by atoms with Gasteiger partial charge in [0.15, 0.2) is 0 Å². The first-order valence-electron chi connectivity index (χ1n) is 7.55. The van der Waals surface area contributed by atoms with Gasteiger partial charge in [-0.15, -0.1) is 11.3 Å². The van der Waals surface area contributed by atoms with Gasteiger partial charge >= 0.3 is 0 Å². The second kappa shape index (κ2) is 7.55. The molecular weight excluding hydrogens is 326 g/mol. The number of nitro groups is 1. The molecule has 0 fully saturated rings. The standard InChI is InChI=1S/C17H21N3O3S/c1-11-5-6-14(20(22)23)17(13(11)3)18-16(21)10-19(4)9-15-12(2)7-8-24-15/h5-8H,9-10H2,1-4H3,(H,18,21). The number of anilines is 1. The number of amides is 1. The predicted molar refractivity (Wildman–Crippen MR) is 96.6 cm³/mol. The smallest absolute Gasteiger partial charge is 0.293 e. The lowest BCUT2D eigenvalue weighted by molar-refractivity contribution is -0.384. The van der Waals surface area contributed by atoms with Crippen molar-refractivity contribution >= 4 is 28.6 Å². The Hall–Kier alpha value is -2.25. The number of hydrogen-bond acceptors (Lipinski definition) is 5. The van der Waals surface area contributed by atoms with Gasteiger partial charge in [-0.3, -0.25) is 19.8 Å². The lowest BCUT2D eigenvalue weighted by atomic mass is 10.1. The summed E-state index contributed by atoms with van der Waals surface area (Å²) < 4.78 is 0. The highest BCUT2D eigenvalue weighted by Gasteiger charge is 2.20. The number of likely N-dealkylation sites (N-methyl/N-ethyl adjacent to an activating group) is 1. The van der Waals surface area contributed by atoms with Crippen LogP contribution in [0.15, 0.2) is 23.6 Å². The highest BCUT2D eigenvalue weighted by molar-refractivity contribution is 7.10. The van der Waals surface area contributed by atoms with Crippen molar-refractivity contribution in [3.05, 3.63) is 55.3 Å². The average molecular weight is 347 g/mol. The zero-order valence-corrected chi connectivity index (χ0v) is 15.1. The third-order valence-corrected chi connectivity index (χ3v) is 4.98. The van der Waals surface area contributed by atoms with Crippen LogP contribution in [0.3, 0.4) is 0 Å². The van der Waals surface area contributed by atoms with Crippen LogP contribution in [0.5, 0.6) is 0 Å². The van der Waals surface area contributed by atoms with E-state index in [2.05, 4.69) is 5.32 Å². The predicted octanol–water partition coefficient (Wildman–Crippen LogP) is 3.65. The zero-order valence-electron chi connectivity index (χ0n) is 14.3. The van der Waals surface area contributed by atoms with Gasteiger partial charge in [0.1, 0.15) is 5.69 Å². The Kier molecular flexibility index (Phi) is 5.69. The molecule has 0 aliphatic carbocycles. The van der Waals surface area contributed by atoms with Crippen LogP contribution in [0.2, 0.25) is 0 Å². The van der Waals surface area contributed by atoms with Gasteiger partial charge in [-0.2, -0.15) is 0 Å². The van der Waals surface area contributed by atoms with Crippen LogP contribution in [0.1, 0.15) is 21.6 Å². The maximum Gasteiger partial charge on any atom is 0.293 e. The van der Waals surface area contributed by atoms with Crippen LogP contribution in [0.4, 0.5) is 11.4 Å². The molecule has 7 heteroatoms. The van der Waals surface area contributed by atoms with Crippen molar-refractivity contribution < 1.29 is 9.72 Å². The van der Waals surface area contributed by atoms with E-state index < -0.39 is 4.92 Å². The van der Waals surface area contributed by atoms with Crippen molar-refractivity contribution in [1.29, 1.82) is 0 Å². The molecule has 1 aromatic carbocycles. The Morgan fingerprint density at radius 1 is 1.25 bits per heavy atom. The summed E-state index contributed by atoms with van der Waals surface area (Å²) in [5.74, 6) is -0.261. The highest BCUT2D eigenvalue weighted by atomic mass is 32.1. The van der Waals surface area contributed by atoms with Gasteiger partial charge < -0.3 is 5.32 Å². The zero-order chi connectivity index (χ0) is 17.9. The molecule has 0 aliphatic rings. The van der Waals surface area contributed by atoms with E-state index in [0.29, 0.717) is 12.1 Å². The summed E-state index contributed by atoms with van der Waals surface area (Å²) in [6.45, 7) is 6.52. The molecule has 0 atom stereocenters. The van der Waals surface area contributed by atoms with Crippen LogP contribution >= 0.6 is 11.3 Å². The normalized spacial score (nSPS) is 10.9. The van der Waals surface area contributed by atoms with E-state index >= 15 is 0 Å². The largest absolute Gasteiger partial charge is 0.319 e. The first-order valence-corrected chi connectivity index (χ1v) is 8.43. The number of thiophene rings is 1. The number of nitrogens with zero attached hydrogens (tertiary/aromatic N) is 2. The Morgan fingerprint density at radius 2 is 1.96 bits per heavy atom. The summed E-state index contributed by atoms with van der Waals surface area (Å²) >= 11 is 1.66. The molecule has 1 heterocycles. The minimum Gasteiger partial charge on any atom is -0.319 e. The number of nitro benzene ring substituents is 1. The van der Waals surface area contributed by atoms with E-state index in [9.17, 15) is 14.9 Å². The number of hydrogen-bond donors (Lipinski definition) is 1. The third-order valence-electron chi connectivity index (χ3n) is 3.97. The molecule has 2 rings (SSSR count). The maximum atomic E-state index is 12.3. The molecule has 6 nitrogen and oxygen atoms in total. The topological polar surface area (TPSA) is 75.5 Å². The molecule has 24 heavy (non-hydrogen) atoms. The maximum absolute atomic E-state index is 12.3. The van der Waals surface area contributed by atoms with Crippen LogP contribution in [-0.2, 0) is 11.3 Å². The van der Waals surface area contributed by atoms with Crippen molar-refractivity contribution in [2.45, 2.75) is 27.3 Å². The second-order valence-electron chi connectivity index (χ2n) is 5.91. The van der Waals surface area contributed by atoms with E-state index in [-0.39, 0.29) is 23.8 Å². The number of benzene rings is 1. The molecule has 0 aliphatic heterocycles. The number of nitrogens with one attached hydrogen (secondary N) is 1. The minimum absolute atomic E-state index is 0.0804. The van der Waals surface area contributed by atoms with Gasteiger partial charge in [0.2, 0.25) is 5.91 Å². The Labute approximate surface area is 145 Å². The fourth-order valence-electron chi connectivity index (χ4n) is 2.40. The quantitative estimate of drug-likeness (QED) is 0.639. The molecule has 1 N–H and O–H groups in total. The summed E-state index contributed by atoms with van der Waals surface area (Å²) in [6.07, 6.45) is 0. The van der Waals surface area contributed by atoms with Crippen molar-refractivity contribution in [3.8, 4) is 0 Å². The van der Waals surface area contributed by atoms with E-state index in [1.165, 1.54) is 16.5 Å². The molecule has 0 saturated heterocycles. The lowest BCUT2D eigenvalue weighted by Gasteiger charge is -2.17. The highest BCUT2D eigenvalue weighted by Crippen LogP contribution is 2.30. The van der Waals surface area contributed by atoms with E-state index in [4.69, 9.17) is 0 Å². The van der Waals surface area contributed by atoms with Crippen molar-refractivity contribution in [2.24, 2.45) is 0 Å². The molecular formula is C17H21N3O3S. The van der Waals surface area contributed by atoms with Crippen LogP contribution in [-0.4, -0.2) is 29.3 Å². The van der Waals surface area contributed by atoms with Crippen molar-refractivity contribution in [1.82, 2.24) is 4.90 Å². The number of carbonyl (C=O) groups excluding carboxylic acids is 1. The summed E-state index contributed by atoms with van der Waals surface area (Å²) in [7, 11) is 1.86.